The lowest BCUT2D eigenvalue weighted by molar-refractivity contribution is -0.116. The number of nitrogens with zero attached hydrogens (tertiary/aromatic N) is 3. The van der Waals surface area contributed by atoms with E-state index in [0.29, 0.717) is 10.9 Å². The van der Waals surface area contributed by atoms with Gasteiger partial charge in [-0.05, 0) is 29.3 Å². The van der Waals surface area contributed by atoms with E-state index in [1.165, 1.54) is 19.3 Å². The number of amides is 1. The number of hydrogen-bond acceptors (Lipinski definition) is 6. The maximum absolute atomic E-state index is 13.4. The van der Waals surface area contributed by atoms with Crippen molar-refractivity contribution in [3.63, 3.8) is 0 Å². The summed E-state index contributed by atoms with van der Waals surface area (Å²) in [6.45, 7) is 2.20. The van der Waals surface area contributed by atoms with Crippen molar-refractivity contribution in [2.24, 2.45) is 10.1 Å². The first-order valence-corrected chi connectivity index (χ1v) is 12.7. The van der Waals surface area contributed by atoms with Crippen LogP contribution in [0.3, 0.4) is 0 Å². The van der Waals surface area contributed by atoms with Gasteiger partial charge in [0.15, 0.2) is 11.3 Å². The highest BCUT2D eigenvalue weighted by atomic mass is 32.2. The molecule has 0 fully saturated rings. The number of rotatable bonds is 7. The van der Waals surface area contributed by atoms with Gasteiger partial charge in [0.1, 0.15) is 11.4 Å². The molecule has 0 spiro atoms. The van der Waals surface area contributed by atoms with Crippen LogP contribution in [-0.2, 0) is 4.79 Å². The molecule has 2 aliphatic rings. The van der Waals surface area contributed by atoms with Crippen LogP contribution in [-0.4, -0.2) is 28.9 Å². The number of hydrogen-bond donors (Lipinski definition) is 1. The van der Waals surface area contributed by atoms with Gasteiger partial charge in [0.05, 0.1) is 12.5 Å². The van der Waals surface area contributed by atoms with E-state index in [1.807, 2.05) is 48.5 Å². The molecular formula is C27H28N4O2S. The molecule has 3 aromatic rings. The maximum Gasteiger partial charge on any atom is 0.276 e. The Bertz CT molecular complexity index is 1380. The minimum absolute atomic E-state index is 0.155. The summed E-state index contributed by atoms with van der Waals surface area (Å²) in [7, 11) is 1.67. The Hall–Kier alpha value is -3.32. The highest BCUT2D eigenvalue weighted by Gasteiger charge is 2.36. The quantitative estimate of drug-likeness (QED) is 0.521. The van der Waals surface area contributed by atoms with Crippen molar-refractivity contribution in [1.82, 2.24) is 10.3 Å². The minimum Gasteiger partial charge on any atom is -0.496 e. The summed E-state index contributed by atoms with van der Waals surface area (Å²) in [5, 5.41) is 14.0. The van der Waals surface area contributed by atoms with Crippen LogP contribution in [0.5, 0.6) is 5.75 Å². The summed E-state index contributed by atoms with van der Waals surface area (Å²) in [6, 6.07) is 19.9. The number of unbranched alkanes of at least 4 members (excludes halogenated alkanes) is 3. The number of carbonyl (C=O) groups excluding carboxylic acids is 1. The zero-order valence-electron chi connectivity index (χ0n) is 19.5. The number of nitrogens with one attached hydrogen (secondary N) is 1. The number of para-hydroxylation sites is 1. The van der Waals surface area contributed by atoms with E-state index in [4.69, 9.17) is 14.8 Å². The molecule has 3 aromatic carbocycles. The summed E-state index contributed by atoms with van der Waals surface area (Å²) in [5.41, 5.74) is 1.42. The van der Waals surface area contributed by atoms with Crippen LogP contribution < -0.4 is 20.6 Å². The Balaban J connectivity index is 1.64. The molecule has 7 heteroatoms. The van der Waals surface area contributed by atoms with Crippen LogP contribution >= 0.6 is 11.8 Å². The number of thioether (sulfide) groups is 1. The summed E-state index contributed by atoms with van der Waals surface area (Å²) >= 11 is 1.59. The van der Waals surface area contributed by atoms with Gasteiger partial charge in [-0.2, -0.15) is 0 Å². The lowest BCUT2D eigenvalue weighted by Gasteiger charge is -2.35. The van der Waals surface area contributed by atoms with Gasteiger partial charge in [0.2, 0.25) is 0 Å². The van der Waals surface area contributed by atoms with Crippen LogP contribution in [0.2, 0.25) is 0 Å². The fraction of sp³-hybridized carbons (Fsp3) is 0.296. The van der Waals surface area contributed by atoms with Gasteiger partial charge in [-0.3, -0.25) is 15.1 Å². The van der Waals surface area contributed by atoms with Crippen molar-refractivity contribution >= 4 is 39.3 Å². The Kier molecular flexibility index (Phi) is 6.54. The second-order valence-electron chi connectivity index (χ2n) is 8.38. The number of benzene rings is 3. The molecular weight excluding hydrogens is 444 g/mol. The highest BCUT2D eigenvalue weighted by molar-refractivity contribution is 8.13. The Morgan fingerprint density at radius 1 is 1.03 bits per heavy atom. The number of amidine groups is 1. The molecule has 0 radical (unpaired) electrons. The summed E-state index contributed by atoms with van der Waals surface area (Å²) in [6.07, 6.45) is 4.18. The molecule has 174 valence electrons. The molecule has 0 aliphatic carbocycles. The fourth-order valence-electron chi connectivity index (χ4n) is 4.50. The van der Waals surface area contributed by atoms with E-state index >= 15 is 0 Å². The minimum atomic E-state index is -0.521. The van der Waals surface area contributed by atoms with Gasteiger partial charge >= 0.3 is 0 Å². The summed E-state index contributed by atoms with van der Waals surface area (Å²) in [4.78, 5) is 18.5. The molecule has 1 unspecified atom stereocenters. The molecule has 6 nitrogen and oxygen atoms in total. The van der Waals surface area contributed by atoms with Crippen molar-refractivity contribution in [2.45, 2.75) is 38.8 Å². The molecule has 0 saturated carbocycles. The molecule has 2 aliphatic heterocycles. The lowest BCUT2D eigenvalue weighted by Crippen LogP contribution is -2.50. The fourth-order valence-corrected chi connectivity index (χ4v) is 5.35. The molecule has 1 N–H and O–H groups in total. The first-order valence-electron chi connectivity index (χ1n) is 11.8. The Labute approximate surface area is 203 Å². The van der Waals surface area contributed by atoms with Gasteiger partial charge in [0.25, 0.3) is 5.91 Å². The Morgan fingerprint density at radius 3 is 2.71 bits per heavy atom. The second kappa shape index (κ2) is 9.89. The first kappa shape index (κ1) is 22.5. The van der Waals surface area contributed by atoms with Gasteiger partial charge in [0, 0.05) is 16.5 Å². The van der Waals surface area contributed by atoms with Crippen molar-refractivity contribution in [3.8, 4) is 5.75 Å². The van der Waals surface area contributed by atoms with E-state index in [1.54, 1.807) is 23.9 Å². The molecule has 2 heterocycles. The van der Waals surface area contributed by atoms with Gasteiger partial charge in [-0.1, -0.05) is 86.5 Å². The van der Waals surface area contributed by atoms with Crippen LogP contribution in [0, 0.1) is 0 Å². The molecule has 0 aromatic heterocycles. The SMILES string of the molecule is CCCCCCSC1=NN2C(=c3ccccc3=NC2c2c(OC)ccc3ccccc23)C(=O)N1. The monoisotopic (exact) mass is 472 g/mol. The normalized spacial score (nSPS) is 16.9. The average Bonchev–Trinajstić information content (AvgIpc) is 2.87. The van der Waals surface area contributed by atoms with E-state index in [9.17, 15) is 4.79 Å². The maximum atomic E-state index is 13.4. The number of hydrazone groups is 1. The number of fused-ring (bicyclic) bond motifs is 3. The average molecular weight is 473 g/mol. The van der Waals surface area contributed by atoms with Crippen molar-refractivity contribution in [1.29, 1.82) is 0 Å². The summed E-state index contributed by atoms with van der Waals surface area (Å²) in [5.74, 6) is 1.48. The predicted octanol–water partition coefficient (Wildman–Crippen LogP) is 4.30. The summed E-state index contributed by atoms with van der Waals surface area (Å²) < 4.78 is 5.78. The van der Waals surface area contributed by atoms with Crippen molar-refractivity contribution in [3.05, 3.63) is 76.8 Å². The first-order chi connectivity index (χ1) is 16.7. The molecule has 1 atom stereocenters. The lowest BCUT2D eigenvalue weighted by atomic mass is 9.99. The second-order valence-corrected chi connectivity index (χ2v) is 9.47. The molecule has 34 heavy (non-hydrogen) atoms. The van der Waals surface area contributed by atoms with Crippen LogP contribution in [0.15, 0.2) is 70.8 Å². The molecule has 5 rings (SSSR count). The van der Waals surface area contributed by atoms with Crippen molar-refractivity contribution < 1.29 is 9.53 Å². The van der Waals surface area contributed by atoms with Gasteiger partial charge < -0.3 is 4.74 Å². The molecule has 1 amide bonds. The van der Waals surface area contributed by atoms with Crippen LogP contribution in [0.1, 0.15) is 44.3 Å². The van der Waals surface area contributed by atoms with Gasteiger partial charge in [-0.15, -0.1) is 5.10 Å². The van der Waals surface area contributed by atoms with Gasteiger partial charge in [-0.25, -0.2) is 5.01 Å². The zero-order chi connectivity index (χ0) is 23.5. The van der Waals surface area contributed by atoms with E-state index in [-0.39, 0.29) is 5.91 Å². The standard InChI is InChI=1S/C27H28N4O2S/c1-3-4-5-10-17-34-27-29-26(32)24-20-13-8-9-14-21(20)28-25(31(24)30-27)23-19-12-7-6-11-18(19)15-16-22(23)33-2/h6-9,11-16,25H,3-5,10,17H2,1-2H3,(H,29,30,32). The largest absolute Gasteiger partial charge is 0.496 e. The highest BCUT2D eigenvalue weighted by Crippen LogP contribution is 2.40. The number of methoxy groups -OCH3 is 1. The topological polar surface area (TPSA) is 66.3 Å². The Morgan fingerprint density at radius 2 is 1.85 bits per heavy atom. The predicted molar refractivity (Wildman–Crippen MR) is 138 cm³/mol. The third-order valence-corrected chi connectivity index (χ3v) is 7.11. The van der Waals surface area contributed by atoms with Crippen molar-refractivity contribution in [2.75, 3.05) is 12.9 Å². The van der Waals surface area contributed by atoms with Crippen LogP contribution in [0.4, 0.5) is 0 Å². The van der Waals surface area contributed by atoms with E-state index in [0.717, 1.165) is 44.8 Å². The molecule has 0 bridgehead atoms. The zero-order valence-corrected chi connectivity index (χ0v) is 20.3. The third-order valence-electron chi connectivity index (χ3n) is 6.16. The number of carbonyl (C=O) groups is 1. The third kappa shape index (κ3) is 4.16. The van der Waals surface area contributed by atoms with Crippen LogP contribution in [0.25, 0.3) is 16.5 Å². The smallest absolute Gasteiger partial charge is 0.276 e. The van der Waals surface area contributed by atoms with E-state index in [2.05, 4.69) is 24.4 Å². The molecule has 0 saturated heterocycles. The van der Waals surface area contributed by atoms with E-state index < -0.39 is 6.17 Å². The number of ether oxygens (including phenoxy) is 1.